The van der Waals surface area contributed by atoms with E-state index >= 15 is 0 Å². The smallest absolute Gasteiger partial charge is 0.231 e. The van der Waals surface area contributed by atoms with Crippen molar-refractivity contribution < 1.29 is 9.53 Å². The summed E-state index contributed by atoms with van der Waals surface area (Å²) in [7, 11) is 0. The van der Waals surface area contributed by atoms with Crippen molar-refractivity contribution in [2.24, 2.45) is 5.92 Å². The van der Waals surface area contributed by atoms with E-state index in [1.165, 1.54) is 0 Å². The molecule has 1 aliphatic heterocycles. The first-order valence-electron chi connectivity index (χ1n) is 9.39. The number of para-hydroxylation sites is 2. The van der Waals surface area contributed by atoms with Gasteiger partial charge in [-0.3, -0.25) is 4.79 Å². The van der Waals surface area contributed by atoms with E-state index in [-0.39, 0.29) is 11.8 Å². The van der Waals surface area contributed by atoms with Crippen LogP contribution >= 0.6 is 0 Å². The fourth-order valence-corrected chi connectivity index (χ4v) is 3.20. The average Bonchev–Trinajstić information content (AvgIpc) is 2.69. The Bertz CT molecular complexity index is 956. The van der Waals surface area contributed by atoms with E-state index in [1.54, 1.807) is 6.33 Å². The zero-order valence-electron chi connectivity index (χ0n) is 15.7. The molecular weight excluding hydrogens is 352 g/mol. The number of benzene rings is 2. The lowest BCUT2D eigenvalue weighted by Gasteiger charge is -2.39. The number of carbonyl (C=O) groups excluding carboxylic acids is 1. The molecule has 1 saturated heterocycles. The molecule has 142 valence electrons. The molecule has 2 aromatic carbocycles. The van der Waals surface area contributed by atoms with Gasteiger partial charge in [0.15, 0.2) is 0 Å². The number of aromatic nitrogens is 2. The number of anilines is 2. The third-order valence-electron chi connectivity index (χ3n) is 4.74. The maximum atomic E-state index is 12.6. The molecule has 0 atom stereocenters. The average molecular weight is 374 g/mol. The summed E-state index contributed by atoms with van der Waals surface area (Å²) in [6, 6.07) is 19.5. The summed E-state index contributed by atoms with van der Waals surface area (Å²) >= 11 is 0. The van der Waals surface area contributed by atoms with Gasteiger partial charge in [-0.25, -0.2) is 9.97 Å². The highest BCUT2D eigenvalue weighted by molar-refractivity contribution is 5.95. The van der Waals surface area contributed by atoms with Gasteiger partial charge < -0.3 is 15.0 Å². The molecule has 1 amide bonds. The second-order valence-electron chi connectivity index (χ2n) is 6.65. The number of nitrogens with zero attached hydrogens (tertiary/aromatic N) is 3. The van der Waals surface area contributed by atoms with Crippen LogP contribution in [0.3, 0.4) is 0 Å². The normalized spacial score (nSPS) is 13.7. The lowest BCUT2D eigenvalue weighted by molar-refractivity contribution is -0.120. The van der Waals surface area contributed by atoms with Gasteiger partial charge in [0.05, 0.1) is 23.9 Å². The van der Waals surface area contributed by atoms with Crippen LogP contribution in [0.25, 0.3) is 11.3 Å². The van der Waals surface area contributed by atoms with E-state index in [0.29, 0.717) is 31.1 Å². The number of amides is 1. The molecule has 1 aliphatic rings. The minimum absolute atomic E-state index is 0.000687. The largest absolute Gasteiger partial charge is 0.492 e. The van der Waals surface area contributed by atoms with Crippen LogP contribution in [0.1, 0.15) is 6.92 Å². The molecule has 28 heavy (non-hydrogen) atoms. The first kappa shape index (κ1) is 18.0. The van der Waals surface area contributed by atoms with Crippen LogP contribution in [0, 0.1) is 5.92 Å². The van der Waals surface area contributed by atoms with Gasteiger partial charge >= 0.3 is 0 Å². The van der Waals surface area contributed by atoms with Gasteiger partial charge in [-0.2, -0.15) is 0 Å². The molecular formula is C22H22N4O2. The summed E-state index contributed by atoms with van der Waals surface area (Å²) in [5.74, 6) is 1.45. The maximum Gasteiger partial charge on any atom is 0.231 e. The summed E-state index contributed by atoms with van der Waals surface area (Å²) < 4.78 is 5.57. The van der Waals surface area contributed by atoms with Crippen molar-refractivity contribution in [3.05, 3.63) is 67.0 Å². The number of nitrogens with one attached hydrogen (secondary N) is 1. The first-order valence-corrected chi connectivity index (χ1v) is 9.39. The highest BCUT2D eigenvalue weighted by Gasteiger charge is 2.34. The van der Waals surface area contributed by atoms with Crippen LogP contribution < -0.4 is 15.0 Å². The Morgan fingerprint density at radius 1 is 1.11 bits per heavy atom. The van der Waals surface area contributed by atoms with Crippen LogP contribution in [0.2, 0.25) is 0 Å². The Balaban J connectivity index is 1.39. The zero-order valence-corrected chi connectivity index (χ0v) is 15.7. The highest BCUT2D eigenvalue weighted by atomic mass is 16.5. The zero-order chi connectivity index (χ0) is 19.3. The fraction of sp³-hybridized carbons (Fsp3) is 0.227. The highest BCUT2D eigenvalue weighted by Crippen LogP contribution is 2.28. The van der Waals surface area contributed by atoms with Gasteiger partial charge in [0.2, 0.25) is 5.91 Å². The SMILES string of the molecule is CCOc1ccccc1NC(=O)C1CN(c2cc(-c3ccccc3)ncn2)C1. The lowest BCUT2D eigenvalue weighted by atomic mass is 9.98. The van der Waals surface area contributed by atoms with Gasteiger partial charge in [-0.15, -0.1) is 0 Å². The third kappa shape index (κ3) is 3.81. The van der Waals surface area contributed by atoms with Crippen LogP contribution in [0.4, 0.5) is 11.5 Å². The van der Waals surface area contributed by atoms with Gasteiger partial charge in [-0.05, 0) is 19.1 Å². The van der Waals surface area contributed by atoms with E-state index in [0.717, 1.165) is 17.1 Å². The van der Waals surface area contributed by atoms with Crippen molar-refractivity contribution in [2.45, 2.75) is 6.92 Å². The molecule has 0 saturated carbocycles. The Morgan fingerprint density at radius 3 is 2.64 bits per heavy atom. The van der Waals surface area contributed by atoms with E-state index < -0.39 is 0 Å². The van der Waals surface area contributed by atoms with Crippen molar-refractivity contribution >= 4 is 17.4 Å². The molecule has 0 radical (unpaired) electrons. The molecule has 1 fully saturated rings. The summed E-state index contributed by atoms with van der Waals surface area (Å²) in [6.45, 7) is 3.75. The Morgan fingerprint density at radius 2 is 1.86 bits per heavy atom. The quantitative estimate of drug-likeness (QED) is 0.714. The number of rotatable bonds is 6. The Hall–Kier alpha value is -3.41. The summed E-state index contributed by atoms with van der Waals surface area (Å²) in [6.07, 6.45) is 1.57. The molecule has 0 unspecified atom stereocenters. The minimum Gasteiger partial charge on any atom is -0.492 e. The van der Waals surface area contributed by atoms with Crippen molar-refractivity contribution in [3.63, 3.8) is 0 Å². The number of carbonyl (C=O) groups is 1. The second-order valence-corrected chi connectivity index (χ2v) is 6.65. The monoisotopic (exact) mass is 374 g/mol. The van der Waals surface area contributed by atoms with E-state index in [4.69, 9.17) is 4.74 Å². The molecule has 0 aliphatic carbocycles. The number of ether oxygens (including phenoxy) is 1. The van der Waals surface area contributed by atoms with Gasteiger partial charge in [0.25, 0.3) is 0 Å². The summed E-state index contributed by atoms with van der Waals surface area (Å²) in [5.41, 5.74) is 2.64. The van der Waals surface area contributed by atoms with Crippen molar-refractivity contribution in [2.75, 3.05) is 29.9 Å². The van der Waals surface area contributed by atoms with Crippen molar-refractivity contribution in [1.82, 2.24) is 9.97 Å². The topological polar surface area (TPSA) is 67.3 Å². The molecule has 2 heterocycles. The Kier molecular flexibility index (Phi) is 5.19. The number of hydrogen-bond donors (Lipinski definition) is 1. The molecule has 1 N–H and O–H groups in total. The summed E-state index contributed by atoms with van der Waals surface area (Å²) in [4.78, 5) is 23.4. The first-order chi connectivity index (χ1) is 13.7. The third-order valence-corrected chi connectivity index (χ3v) is 4.74. The van der Waals surface area contributed by atoms with Gasteiger partial charge in [0.1, 0.15) is 17.9 Å². The maximum absolute atomic E-state index is 12.6. The lowest BCUT2D eigenvalue weighted by Crippen LogP contribution is -2.52. The minimum atomic E-state index is -0.0789. The molecule has 3 aromatic rings. The van der Waals surface area contributed by atoms with Crippen molar-refractivity contribution in [1.29, 1.82) is 0 Å². The van der Waals surface area contributed by atoms with Gasteiger partial charge in [0, 0.05) is 24.7 Å². The standard InChI is InChI=1S/C22H22N4O2/c1-2-28-20-11-7-6-10-18(20)25-22(27)17-13-26(14-17)21-12-19(23-15-24-21)16-8-4-3-5-9-16/h3-12,15,17H,2,13-14H2,1H3,(H,25,27). The van der Waals surface area contributed by atoms with E-state index in [9.17, 15) is 4.79 Å². The van der Waals surface area contributed by atoms with Crippen LogP contribution in [-0.4, -0.2) is 35.6 Å². The van der Waals surface area contributed by atoms with E-state index in [1.807, 2.05) is 67.6 Å². The molecule has 6 nitrogen and oxygen atoms in total. The molecule has 0 bridgehead atoms. The second kappa shape index (κ2) is 8.08. The number of hydrogen-bond acceptors (Lipinski definition) is 5. The Labute approximate surface area is 164 Å². The van der Waals surface area contributed by atoms with Crippen LogP contribution in [0.15, 0.2) is 67.0 Å². The molecule has 0 spiro atoms. The van der Waals surface area contributed by atoms with Gasteiger partial charge in [-0.1, -0.05) is 42.5 Å². The predicted octanol–water partition coefficient (Wildman–Crippen LogP) is 3.62. The predicted molar refractivity (Wildman–Crippen MR) is 109 cm³/mol. The summed E-state index contributed by atoms with van der Waals surface area (Å²) in [5, 5.41) is 2.98. The van der Waals surface area contributed by atoms with Crippen molar-refractivity contribution in [3.8, 4) is 17.0 Å². The van der Waals surface area contributed by atoms with Crippen LogP contribution in [0.5, 0.6) is 5.75 Å². The fourth-order valence-electron chi connectivity index (χ4n) is 3.20. The van der Waals surface area contributed by atoms with E-state index in [2.05, 4.69) is 20.2 Å². The molecule has 4 rings (SSSR count). The molecule has 6 heteroatoms. The van der Waals surface area contributed by atoms with Crippen LogP contribution in [-0.2, 0) is 4.79 Å². The molecule has 1 aromatic heterocycles.